The van der Waals surface area contributed by atoms with Crippen molar-refractivity contribution in [1.29, 1.82) is 0 Å². The molecule has 0 saturated heterocycles. The quantitative estimate of drug-likeness (QED) is 0.926. The summed E-state index contributed by atoms with van der Waals surface area (Å²) in [6, 6.07) is 3.99. The van der Waals surface area contributed by atoms with Crippen molar-refractivity contribution in [2.45, 2.75) is 25.1 Å². The molecule has 0 saturated carbocycles. The summed E-state index contributed by atoms with van der Waals surface area (Å²) < 4.78 is 22.8. The largest absolute Gasteiger partial charge is 0.348 e. The lowest BCUT2D eigenvalue weighted by molar-refractivity contribution is 0.0940. The number of nitrogens with one attached hydrogen (secondary N) is 1. The molecule has 1 amide bonds. The molecule has 0 spiro atoms. The van der Waals surface area contributed by atoms with Crippen molar-refractivity contribution in [3.8, 4) is 0 Å². The highest BCUT2D eigenvalue weighted by molar-refractivity contribution is 7.91. The van der Waals surface area contributed by atoms with Crippen molar-refractivity contribution >= 4 is 38.9 Å². The van der Waals surface area contributed by atoms with Gasteiger partial charge in [0.15, 0.2) is 9.84 Å². The molecule has 0 aliphatic heterocycles. The van der Waals surface area contributed by atoms with Crippen molar-refractivity contribution in [3.05, 3.63) is 33.8 Å². The number of amides is 1. The Hall–Kier alpha value is -0.780. The Morgan fingerprint density at radius 2 is 1.79 bits per heavy atom. The van der Waals surface area contributed by atoms with Crippen LogP contribution in [-0.4, -0.2) is 31.9 Å². The number of benzene rings is 1. The first kappa shape index (κ1) is 16.3. The summed E-state index contributed by atoms with van der Waals surface area (Å²) >= 11 is 11.6. The van der Waals surface area contributed by atoms with Gasteiger partial charge < -0.3 is 5.32 Å². The van der Waals surface area contributed by atoms with Crippen LogP contribution in [0.15, 0.2) is 18.2 Å². The second-order valence-electron chi connectivity index (χ2n) is 4.43. The molecule has 0 aliphatic carbocycles. The lowest BCUT2D eigenvalue weighted by atomic mass is 10.2. The fourth-order valence-corrected chi connectivity index (χ4v) is 2.52. The van der Waals surface area contributed by atoms with Gasteiger partial charge in [0, 0.05) is 17.9 Å². The molecule has 1 aromatic rings. The summed E-state index contributed by atoms with van der Waals surface area (Å²) in [6.45, 7) is 3.19. The predicted octanol–water partition coefficient (Wildman–Crippen LogP) is 2.54. The zero-order valence-corrected chi connectivity index (χ0v) is 13.1. The first-order valence-corrected chi connectivity index (χ1v) is 8.28. The molecule has 0 fully saturated rings. The summed E-state index contributed by atoms with van der Waals surface area (Å²) in [6.07, 6.45) is 1.14. The van der Waals surface area contributed by atoms with Gasteiger partial charge in [-0.15, -0.1) is 0 Å². The molecule has 0 heterocycles. The fraction of sp³-hybridized carbons (Fsp3) is 0.417. The smallest absolute Gasteiger partial charge is 0.251 e. The summed E-state index contributed by atoms with van der Waals surface area (Å²) in [7, 11) is -3.21. The fourth-order valence-electron chi connectivity index (χ4n) is 1.42. The van der Waals surface area contributed by atoms with Crippen molar-refractivity contribution in [3.63, 3.8) is 0 Å². The van der Waals surface area contributed by atoms with Crippen LogP contribution in [0.4, 0.5) is 0 Å². The van der Waals surface area contributed by atoms with Crippen LogP contribution < -0.4 is 5.32 Å². The predicted molar refractivity (Wildman–Crippen MR) is 77.7 cm³/mol. The molecule has 7 heteroatoms. The molecule has 1 N–H and O–H groups in total. The van der Waals surface area contributed by atoms with Gasteiger partial charge in [0.05, 0.1) is 15.3 Å². The van der Waals surface area contributed by atoms with E-state index < -0.39 is 21.1 Å². The van der Waals surface area contributed by atoms with Gasteiger partial charge >= 0.3 is 0 Å². The standard InChI is InChI=1S/C12H15Cl2NO3S/c1-7(8(2)19(3,17)18)15-12(16)9-4-5-10(13)11(14)6-9/h4-8H,1-3H3,(H,15,16)/t7-,8?/m1/s1. The van der Waals surface area contributed by atoms with Gasteiger partial charge in [-0.1, -0.05) is 23.2 Å². The van der Waals surface area contributed by atoms with E-state index >= 15 is 0 Å². The minimum atomic E-state index is -3.21. The lowest BCUT2D eigenvalue weighted by Crippen LogP contribution is -2.43. The van der Waals surface area contributed by atoms with Crippen LogP contribution in [0.25, 0.3) is 0 Å². The molecule has 1 aromatic carbocycles. The van der Waals surface area contributed by atoms with E-state index in [0.29, 0.717) is 10.6 Å². The molecule has 4 nitrogen and oxygen atoms in total. The van der Waals surface area contributed by atoms with Crippen LogP contribution in [0.3, 0.4) is 0 Å². The molecule has 0 aliphatic rings. The summed E-state index contributed by atoms with van der Waals surface area (Å²) in [5.74, 6) is -0.387. The highest BCUT2D eigenvalue weighted by Gasteiger charge is 2.24. The van der Waals surface area contributed by atoms with E-state index in [1.165, 1.54) is 18.2 Å². The first-order chi connectivity index (χ1) is 8.62. The SMILES string of the molecule is CC([C@@H](C)NC(=O)c1ccc(Cl)c(Cl)c1)S(C)(=O)=O. The van der Waals surface area contributed by atoms with Crippen molar-refractivity contribution in [2.24, 2.45) is 0 Å². The Balaban J connectivity index is 2.82. The van der Waals surface area contributed by atoms with Crippen LogP contribution in [0.2, 0.25) is 10.0 Å². The van der Waals surface area contributed by atoms with Gasteiger partial charge in [-0.05, 0) is 32.0 Å². The Morgan fingerprint density at radius 1 is 1.21 bits per heavy atom. The van der Waals surface area contributed by atoms with Crippen LogP contribution >= 0.6 is 23.2 Å². The normalized spacial score (nSPS) is 14.8. The second kappa shape index (κ2) is 6.11. The monoisotopic (exact) mass is 323 g/mol. The Bertz CT molecular complexity index is 587. The number of hydrogen-bond acceptors (Lipinski definition) is 3. The van der Waals surface area contributed by atoms with E-state index in [0.717, 1.165) is 6.26 Å². The average molecular weight is 324 g/mol. The molecule has 0 bridgehead atoms. The van der Waals surface area contributed by atoms with E-state index in [4.69, 9.17) is 23.2 Å². The molecule has 106 valence electrons. The zero-order valence-electron chi connectivity index (χ0n) is 10.8. The van der Waals surface area contributed by atoms with Gasteiger partial charge in [-0.25, -0.2) is 8.42 Å². The lowest BCUT2D eigenvalue weighted by Gasteiger charge is -2.19. The maximum atomic E-state index is 11.9. The molecular formula is C12H15Cl2NO3S. The zero-order chi connectivity index (χ0) is 14.8. The van der Waals surface area contributed by atoms with E-state index in [1.54, 1.807) is 13.8 Å². The van der Waals surface area contributed by atoms with Gasteiger partial charge in [0.25, 0.3) is 5.91 Å². The van der Waals surface area contributed by atoms with Crippen molar-refractivity contribution < 1.29 is 13.2 Å². The topological polar surface area (TPSA) is 63.2 Å². The third-order valence-corrected chi connectivity index (χ3v) is 5.42. The molecule has 1 rings (SSSR count). The molecule has 2 atom stereocenters. The number of rotatable bonds is 4. The van der Waals surface area contributed by atoms with Gasteiger partial charge in [0.1, 0.15) is 0 Å². The van der Waals surface area contributed by atoms with Gasteiger partial charge in [-0.2, -0.15) is 0 Å². The molecule has 0 aromatic heterocycles. The first-order valence-electron chi connectivity index (χ1n) is 5.57. The molecular weight excluding hydrogens is 309 g/mol. The van der Waals surface area contributed by atoms with E-state index in [2.05, 4.69) is 5.32 Å². The minimum Gasteiger partial charge on any atom is -0.348 e. The van der Waals surface area contributed by atoms with Crippen molar-refractivity contribution in [1.82, 2.24) is 5.32 Å². The summed E-state index contributed by atoms with van der Waals surface area (Å²) in [5.41, 5.74) is 0.335. The second-order valence-corrected chi connectivity index (χ2v) is 7.64. The van der Waals surface area contributed by atoms with Crippen LogP contribution in [0.1, 0.15) is 24.2 Å². The number of carbonyl (C=O) groups excluding carboxylic acids is 1. The Kier molecular flexibility index (Phi) is 5.24. The number of carbonyl (C=O) groups is 1. The molecule has 19 heavy (non-hydrogen) atoms. The Morgan fingerprint density at radius 3 is 2.26 bits per heavy atom. The Labute approximate surface area is 123 Å². The van der Waals surface area contributed by atoms with Crippen LogP contribution in [-0.2, 0) is 9.84 Å². The number of sulfone groups is 1. The number of hydrogen-bond donors (Lipinski definition) is 1. The highest BCUT2D eigenvalue weighted by Crippen LogP contribution is 2.22. The summed E-state index contributed by atoms with van der Waals surface area (Å²) in [4.78, 5) is 11.9. The summed E-state index contributed by atoms with van der Waals surface area (Å²) in [5, 5.41) is 2.60. The van der Waals surface area contributed by atoms with Gasteiger partial charge in [0.2, 0.25) is 0 Å². The van der Waals surface area contributed by atoms with Crippen LogP contribution in [0, 0.1) is 0 Å². The van der Waals surface area contributed by atoms with Crippen molar-refractivity contribution in [2.75, 3.05) is 6.26 Å². The third-order valence-electron chi connectivity index (χ3n) is 2.92. The maximum Gasteiger partial charge on any atom is 0.251 e. The molecule has 0 radical (unpaired) electrons. The molecule has 1 unspecified atom stereocenters. The van der Waals surface area contributed by atoms with Gasteiger partial charge in [-0.3, -0.25) is 4.79 Å². The van der Waals surface area contributed by atoms with E-state index in [-0.39, 0.29) is 10.9 Å². The number of halogens is 2. The van der Waals surface area contributed by atoms with Crippen LogP contribution in [0.5, 0.6) is 0 Å². The minimum absolute atomic E-state index is 0.276. The maximum absolute atomic E-state index is 11.9. The van der Waals surface area contributed by atoms with E-state index in [1.807, 2.05) is 0 Å². The van der Waals surface area contributed by atoms with E-state index in [9.17, 15) is 13.2 Å². The third kappa shape index (κ3) is 4.37. The average Bonchev–Trinajstić information content (AvgIpc) is 2.30. The highest BCUT2D eigenvalue weighted by atomic mass is 35.5.